The Hall–Kier alpha value is -2.41. The standard InChI is InChI=1S/C14H9FN2O3S/c15-10-7-9(5-6-12(10)17(18)19)8-21-14-16-11-3-1-2-4-13(11)20-14/h1-7H,8H2. The molecule has 3 rings (SSSR count). The predicted octanol–water partition coefficient (Wildman–Crippen LogP) is 4.17. The van der Waals surface area contributed by atoms with E-state index in [4.69, 9.17) is 4.42 Å². The van der Waals surface area contributed by atoms with Gasteiger partial charge in [-0.2, -0.15) is 4.39 Å². The molecule has 0 radical (unpaired) electrons. The van der Waals surface area contributed by atoms with Gasteiger partial charge in [-0.05, 0) is 23.8 Å². The number of hydrogen-bond acceptors (Lipinski definition) is 5. The summed E-state index contributed by atoms with van der Waals surface area (Å²) < 4.78 is 19.0. The highest BCUT2D eigenvalue weighted by Gasteiger charge is 2.14. The van der Waals surface area contributed by atoms with Crippen molar-refractivity contribution in [2.45, 2.75) is 11.0 Å². The van der Waals surface area contributed by atoms with Crippen LogP contribution in [0.4, 0.5) is 10.1 Å². The van der Waals surface area contributed by atoms with Crippen molar-refractivity contribution < 1.29 is 13.7 Å². The molecule has 0 fully saturated rings. The van der Waals surface area contributed by atoms with E-state index >= 15 is 0 Å². The molecule has 1 aromatic heterocycles. The molecule has 0 saturated carbocycles. The topological polar surface area (TPSA) is 69.2 Å². The molecule has 0 bridgehead atoms. The average Bonchev–Trinajstić information content (AvgIpc) is 2.87. The number of halogens is 1. The van der Waals surface area contributed by atoms with E-state index in [1.165, 1.54) is 17.8 Å². The highest BCUT2D eigenvalue weighted by Crippen LogP contribution is 2.27. The quantitative estimate of drug-likeness (QED) is 0.411. The van der Waals surface area contributed by atoms with Gasteiger partial charge in [0.2, 0.25) is 5.82 Å². The third kappa shape index (κ3) is 2.87. The van der Waals surface area contributed by atoms with Gasteiger partial charge >= 0.3 is 5.69 Å². The van der Waals surface area contributed by atoms with Crippen LogP contribution in [0.3, 0.4) is 0 Å². The summed E-state index contributed by atoms with van der Waals surface area (Å²) >= 11 is 1.31. The number of rotatable bonds is 4. The summed E-state index contributed by atoms with van der Waals surface area (Å²) in [5, 5.41) is 11.0. The summed E-state index contributed by atoms with van der Waals surface area (Å²) in [6, 6.07) is 11.2. The van der Waals surface area contributed by atoms with E-state index in [0.717, 1.165) is 17.6 Å². The van der Waals surface area contributed by atoms with Crippen LogP contribution in [0.2, 0.25) is 0 Å². The number of oxazole rings is 1. The lowest BCUT2D eigenvalue weighted by Crippen LogP contribution is -1.93. The predicted molar refractivity (Wildman–Crippen MR) is 76.6 cm³/mol. The molecule has 0 aliphatic rings. The van der Waals surface area contributed by atoms with Crippen molar-refractivity contribution in [3.63, 3.8) is 0 Å². The van der Waals surface area contributed by atoms with Crippen LogP contribution in [0.15, 0.2) is 52.1 Å². The first kappa shape index (κ1) is 13.6. The van der Waals surface area contributed by atoms with E-state index in [1.54, 1.807) is 0 Å². The lowest BCUT2D eigenvalue weighted by atomic mass is 10.2. The maximum absolute atomic E-state index is 13.5. The minimum Gasteiger partial charge on any atom is -0.431 e. The smallest absolute Gasteiger partial charge is 0.304 e. The normalized spacial score (nSPS) is 10.9. The van der Waals surface area contributed by atoms with Crippen molar-refractivity contribution in [1.82, 2.24) is 4.98 Å². The fourth-order valence-corrected chi connectivity index (χ4v) is 2.63. The number of fused-ring (bicyclic) bond motifs is 1. The number of aromatic nitrogens is 1. The molecule has 5 nitrogen and oxygen atoms in total. The molecule has 0 amide bonds. The number of thioether (sulfide) groups is 1. The summed E-state index contributed by atoms with van der Waals surface area (Å²) in [6.45, 7) is 0. The van der Waals surface area contributed by atoms with Crippen LogP contribution in [0.1, 0.15) is 5.56 Å². The molecule has 0 aliphatic carbocycles. The minimum atomic E-state index is -0.837. The van der Waals surface area contributed by atoms with Gasteiger partial charge in [0.25, 0.3) is 5.22 Å². The Kier molecular flexibility index (Phi) is 3.57. The molecule has 0 aliphatic heterocycles. The van der Waals surface area contributed by atoms with Crippen LogP contribution in [-0.4, -0.2) is 9.91 Å². The number of hydrogen-bond donors (Lipinski definition) is 0. The summed E-state index contributed by atoms with van der Waals surface area (Å²) in [5.41, 5.74) is 1.56. The fourth-order valence-electron chi connectivity index (χ4n) is 1.85. The van der Waals surface area contributed by atoms with E-state index < -0.39 is 16.4 Å². The van der Waals surface area contributed by atoms with Crippen LogP contribution in [0.25, 0.3) is 11.1 Å². The first-order chi connectivity index (χ1) is 10.1. The lowest BCUT2D eigenvalue weighted by Gasteiger charge is -1.99. The second-order valence-corrected chi connectivity index (χ2v) is 5.21. The van der Waals surface area contributed by atoms with Gasteiger partial charge in [0.15, 0.2) is 5.58 Å². The summed E-state index contributed by atoms with van der Waals surface area (Å²) in [4.78, 5) is 14.1. The van der Waals surface area contributed by atoms with Gasteiger partial charge in [-0.25, -0.2) is 4.98 Å². The van der Waals surface area contributed by atoms with Gasteiger partial charge < -0.3 is 4.42 Å². The first-order valence-electron chi connectivity index (χ1n) is 6.04. The molecule has 0 atom stereocenters. The van der Waals surface area contributed by atoms with Gasteiger partial charge in [0.1, 0.15) is 5.52 Å². The lowest BCUT2D eigenvalue weighted by molar-refractivity contribution is -0.387. The van der Waals surface area contributed by atoms with E-state index in [9.17, 15) is 14.5 Å². The van der Waals surface area contributed by atoms with Crippen LogP contribution >= 0.6 is 11.8 Å². The number of nitro benzene ring substituents is 1. The Bertz CT molecular complexity index is 786. The molecular formula is C14H9FN2O3S. The molecule has 3 aromatic rings. The second kappa shape index (κ2) is 5.53. The third-order valence-electron chi connectivity index (χ3n) is 2.85. The van der Waals surface area contributed by atoms with E-state index in [-0.39, 0.29) is 0 Å². The molecule has 1 heterocycles. The molecule has 106 valence electrons. The Morgan fingerprint density at radius 3 is 2.81 bits per heavy atom. The van der Waals surface area contributed by atoms with Gasteiger partial charge in [-0.1, -0.05) is 30.0 Å². The van der Waals surface area contributed by atoms with Crippen molar-refractivity contribution in [2.75, 3.05) is 0 Å². The molecule has 0 N–H and O–H groups in total. The van der Waals surface area contributed by atoms with Crippen molar-refractivity contribution in [2.24, 2.45) is 0 Å². The monoisotopic (exact) mass is 304 g/mol. The van der Waals surface area contributed by atoms with Crippen LogP contribution in [0, 0.1) is 15.9 Å². The Labute approximate surface area is 122 Å². The zero-order chi connectivity index (χ0) is 14.8. The van der Waals surface area contributed by atoms with Crippen molar-refractivity contribution in [3.8, 4) is 0 Å². The fraction of sp³-hybridized carbons (Fsp3) is 0.0714. The largest absolute Gasteiger partial charge is 0.431 e. The van der Waals surface area contributed by atoms with E-state index in [0.29, 0.717) is 22.1 Å². The van der Waals surface area contributed by atoms with Crippen LogP contribution < -0.4 is 0 Å². The van der Waals surface area contributed by atoms with Crippen molar-refractivity contribution in [1.29, 1.82) is 0 Å². The average molecular weight is 304 g/mol. The number of para-hydroxylation sites is 2. The molecule has 0 saturated heterocycles. The van der Waals surface area contributed by atoms with Gasteiger partial charge in [0.05, 0.1) is 4.92 Å². The van der Waals surface area contributed by atoms with Gasteiger partial charge in [-0.3, -0.25) is 10.1 Å². The highest BCUT2D eigenvalue weighted by molar-refractivity contribution is 7.98. The Morgan fingerprint density at radius 1 is 1.29 bits per heavy atom. The summed E-state index contributed by atoms with van der Waals surface area (Å²) in [7, 11) is 0. The molecule has 0 spiro atoms. The molecule has 7 heteroatoms. The van der Waals surface area contributed by atoms with Crippen molar-refractivity contribution in [3.05, 3.63) is 64.0 Å². The SMILES string of the molecule is O=[N+]([O-])c1ccc(CSc2nc3ccccc3o2)cc1F. The number of nitrogens with zero attached hydrogens (tertiary/aromatic N) is 2. The molecule has 21 heavy (non-hydrogen) atoms. The maximum Gasteiger partial charge on any atom is 0.304 e. The Morgan fingerprint density at radius 2 is 2.10 bits per heavy atom. The highest BCUT2D eigenvalue weighted by atomic mass is 32.2. The van der Waals surface area contributed by atoms with E-state index in [2.05, 4.69) is 4.98 Å². The molecule has 0 unspecified atom stereocenters. The minimum absolute atomic E-state index is 0.418. The summed E-state index contributed by atoms with van der Waals surface area (Å²) in [5.74, 6) is -0.419. The zero-order valence-corrected chi connectivity index (χ0v) is 11.5. The van der Waals surface area contributed by atoms with Gasteiger partial charge in [-0.15, -0.1) is 0 Å². The van der Waals surface area contributed by atoms with E-state index in [1.807, 2.05) is 24.3 Å². The van der Waals surface area contributed by atoms with Crippen LogP contribution in [-0.2, 0) is 5.75 Å². The maximum atomic E-state index is 13.5. The zero-order valence-electron chi connectivity index (χ0n) is 10.7. The summed E-state index contributed by atoms with van der Waals surface area (Å²) in [6.07, 6.45) is 0. The molecular weight excluding hydrogens is 295 g/mol. The Balaban J connectivity index is 1.75. The van der Waals surface area contributed by atoms with Crippen LogP contribution in [0.5, 0.6) is 0 Å². The first-order valence-corrected chi connectivity index (χ1v) is 7.03. The third-order valence-corrected chi connectivity index (χ3v) is 3.74. The molecule has 2 aromatic carbocycles. The van der Waals surface area contributed by atoms with Gasteiger partial charge in [0, 0.05) is 11.8 Å². The second-order valence-electron chi connectivity index (χ2n) is 4.28. The number of benzene rings is 2. The van der Waals surface area contributed by atoms with Crippen molar-refractivity contribution >= 4 is 28.5 Å². The number of nitro groups is 1.